The smallest absolute Gasteiger partial charge is 0.278 e. The molecule has 2 heterocycles. The summed E-state index contributed by atoms with van der Waals surface area (Å²) in [5, 5.41) is 11.0. The Morgan fingerprint density at radius 3 is 2.79 bits per heavy atom. The third-order valence-corrected chi connectivity index (χ3v) is 2.87. The molecule has 0 atom stereocenters. The van der Waals surface area contributed by atoms with Gasteiger partial charge in [-0.25, -0.2) is 4.98 Å². The van der Waals surface area contributed by atoms with Crippen LogP contribution in [0.2, 0.25) is 0 Å². The van der Waals surface area contributed by atoms with Crippen LogP contribution in [0, 0.1) is 24.0 Å². The number of pyridine rings is 1. The number of nitrogens with zero attached hydrogens (tertiary/aromatic N) is 4. The molecule has 7 nitrogen and oxygen atoms in total. The molecule has 0 aliphatic carbocycles. The van der Waals surface area contributed by atoms with Gasteiger partial charge in [0.05, 0.1) is 29.1 Å². The molecular formula is C12H12N4O3. The second-order valence-electron chi connectivity index (χ2n) is 4.17. The minimum atomic E-state index is -0.429. The van der Waals surface area contributed by atoms with E-state index < -0.39 is 4.92 Å². The van der Waals surface area contributed by atoms with Crippen LogP contribution in [0.25, 0.3) is 0 Å². The summed E-state index contributed by atoms with van der Waals surface area (Å²) in [6, 6.07) is 1.33. The molecular weight excluding hydrogens is 248 g/mol. The van der Waals surface area contributed by atoms with E-state index in [1.54, 1.807) is 13.8 Å². The van der Waals surface area contributed by atoms with E-state index in [4.69, 9.17) is 0 Å². The molecule has 0 spiro atoms. The largest absolute Gasteiger partial charge is 0.293 e. The Bertz CT molecular complexity index is 694. The third-order valence-electron chi connectivity index (χ3n) is 2.87. The lowest BCUT2D eigenvalue weighted by atomic mass is 10.1. The van der Waals surface area contributed by atoms with Crippen molar-refractivity contribution in [1.29, 1.82) is 0 Å². The van der Waals surface area contributed by atoms with Crippen molar-refractivity contribution in [3.05, 3.63) is 62.1 Å². The van der Waals surface area contributed by atoms with Crippen molar-refractivity contribution in [3.8, 4) is 0 Å². The molecule has 0 saturated heterocycles. The van der Waals surface area contributed by atoms with Crippen LogP contribution in [0.4, 0.5) is 5.69 Å². The quantitative estimate of drug-likeness (QED) is 0.611. The van der Waals surface area contributed by atoms with E-state index in [0.29, 0.717) is 16.8 Å². The summed E-state index contributed by atoms with van der Waals surface area (Å²) in [5.74, 6) is 0. The SMILES string of the molecule is Cc1cnc(Cn2cnccc2=O)c(C)c1[N+](=O)[O-]. The lowest BCUT2D eigenvalue weighted by Gasteiger charge is -2.08. The van der Waals surface area contributed by atoms with Crippen molar-refractivity contribution in [1.82, 2.24) is 14.5 Å². The maximum Gasteiger partial charge on any atom is 0.278 e. The molecule has 0 saturated carbocycles. The summed E-state index contributed by atoms with van der Waals surface area (Å²) in [6.45, 7) is 3.44. The number of hydrogen-bond acceptors (Lipinski definition) is 5. The van der Waals surface area contributed by atoms with E-state index in [0.717, 1.165) is 0 Å². The maximum absolute atomic E-state index is 11.6. The maximum atomic E-state index is 11.6. The van der Waals surface area contributed by atoms with Gasteiger partial charge in [-0.15, -0.1) is 0 Å². The molecule has 0 bridgehead atoms. The van der Waals surface area contributed by atoms with Crippen molar-refractivity contribution in [2.45, 2.75) is 20.4 Å². The second-order valence-corrected chi connectivity index (χ2v) is 4.17. The lowest BCUT2D eigenvalue weighted by molar-refractivity contribution is -0.386. The van der Waals surface area contributed by atoms with Gasteiger partial charge in [0.15, 0.2) is 0 Å². The van der Waals surface area contributed by atoms with Gasteiger partial charge in [0.1, 0.15) is 0 Å². The molecule has 7 heteroatoms. The van der Waals surface area contributed by atoms with Crippen LogP contribution in [0.5, 0.6) is 0 Å². The van der Waals surface area contributed by atoms with E-state index in [2.05, 4.69) is 9.97 Å². The zero-order valence-electron chi connectivity index (χ0n) is 10.5. The van der Waals surface area contributed by atoms with E-state index in [1.807, 2.05) is 0 Å². The number of nitro groups is 1. The molecule has 0 N–H and O–H groups in total. The minimum absolute atomic E-state index is 0.0435. The topological polar surface area (TPSA) is 90.9 Å². The van der Waals surface area contributed by atoms with Gasteiger partial charge in [-0.05, 0) is 13.8 Å². The Labute approximate surface area is 108 Å². The Morgan fingerprint density at radius 1 is 1.42 bits per heavy atom. The Hall–Kier alpha value is -2.57. The van der Waals surface area contributed by atoms with Gasteiger partial charge in [-0.1, -0.05) is 0 Å². The normalized spacial score (nSPS) is 10.4. The Balaban J connectivity index is 2.48. The second kappa shape index (κ2) is 4.97. The highest BCUT2D eigenvalue weighted by Gasteiger charge is 2.18. The van der Waals surface area contributed by atoms with Crippen LogP contribution in [0.15, 0.2) is 29.6 Å². The van der Waals surface area contributed by atoms with Crippen LogP contribution in [0.3, 0.4) is 0 Å². The molecule has 0 fully saturated rings. The van der Waals surface area contributed by atoms with Crippen molar-refractivity contribution in [2.24, 2.45) is 0 Å². The summed E-state index contributed by atoms with van der Waals surface area (Å²) in [6.07, 6.45) is 4.23. The van der Waals surface area contributed by atoms with Gasteiger partial charge in [-0.2, -0.15) is 0 Å². The number of rotatable bonds is 3. The van der Waals surface area contributed by atoms with Crippen molar-refractivity contribution < 1.29 is 4.92 Å². The highest BCUT2D eigenvalue weighted by Crippen LogP contribution is 2.24. The third kappa shape index (κ3) is 2.49. The van der Waals surface area contributed by atoms with Gasteiger partial charge in [0.25, 0.3) is 11.2 Å². The molecule has 2 aromatic heterocycles. The first kappa shape index (κ1) is 12.9. The summed E-state index contributed by atoms with van der Waals surface area (Å²) >= 11 is 0. The molecule has 19 heavy (non-hydrogen) atoms. The van der Waals surface area contributed by atoms with Gasteiger partial charge in [0.2, 0.25) is 0 Å². The fraction of sp³-hybridized carbons (Fsp3) is 0.250. The number of aryl methyl sites for hydroxylation is 1. The predicted molar refractivity (Wildman–Crippen MR) is 68.0 cm³/mol. The summed E-state index contributed by atoms with van der Waals surface area (Å²) in [5.41, 5.74) is 1.29. The van der Waals surface area contributed by atoms with E-state index in [-0.39, 0.29) is 17.8 Å². The molecule has 0 aliphatic heterocycles. The van der Waals surface area contributed by atoms with E-state index in [9.17, 15) is 14.9 Å². The first-order valence-electron chi connectivity index (χ1n) is 5.60. The van der Waals surface area contributed by atoms with Gasteiger partial charge in [-0.3, -0.25) is 24.5 Å². The van der Waals surface area contributed by atoms with Gasteiger partial charge in [0, 0.05) is 24.0 Å². The first-order valence-corrected chi connectivity index (χ1v) is 5.60. The van der Waals surface area contributed by atoms with Crippen LogP contribution in [-0.4, -0.2) is 19.5 Å². The fourth-order valence-electron chi connectivity index (χ4n) is 1.86. The molecule has 0 amide bonds. The standard InChI is InChI=1S/C12H12N4O3/c1-8-5-14-10(9(2)12(8)16(18)19)6-15-7-13-4-3-11(15)17/h3-5,7H,6H2,1-2H3. The Morgan fingerprint density at radius 2 is 2.16 bits per heavy atom. The average molecular weight is 260 g/mol. The molecule has 2 rings (SSSR count). The van der Waals surface area contributed by atoms with Gasteiger partial charge < -0.3 is 0 Å². The van der Waals surface area contributed by atoms with Crippen LogP contribution >= 0.6 is 0 Å². The molecule has 0 radical (unpaired) electrons. The summed E-state index contributed by atoms with van der Waals surface area (Å²) in [4.78, 5) is 30.2. The average Bonchev–Trinajstić information content (AvgIpc) is 2.35. The number of aromatic nitrogens is 3. The molecule has 2 aromatic rings. The molecule has 0 aromatic carbocycles. The predicted octanol–water partition coefficient (Wildman–Crippen LogP) is 1.21. The van der Waals surface area contributed by atoms with Crippen LogP contribution in [0.1, 0.15) is 16.8 Å². The zero-order chi connectivity index (χ0) is 14.0. The summed E-state index contributed by atoms with van der Waals surface area (Å²) < 4.78 is 1.36. The van der Waals surface area contributed by atoms with Crippen LogP contribution < -0.4 is 5.56 Å². The van der Waals surface area contributed by atoms with Crippen LogP contribution in [-0.2, 0) is 6.54 Å². The minimum Gasteiger partial charge on any atom is -0.293 e. The summed E-state index contributed by atoms with van der Waals surface area (Å²) in [7, 11) is 0. The highest BCUT2D eigenvalue weighted by molar-refractivity contribution is 5.47. The molecule has 98 valence electrons. The zero-order valence-corrected chi connectivity index (χ0v) is 10.5. The Kier molecular flexibility index (Phi) is 3.37. The van der Waals surface area contributed by atoms with Crippen molar-refractivity contribution in [2.75, 3.05) is 0 Å². The van der Waals surface area contributed by atoms with E-state index >= 15 is 0 Å². The van der Waals surface area contributed by atoms with Gasteiger partial charge >= 0.3 is 0 Å². The monoisotopic (exact) mass is 260 g/mol. The fourth-order valence-corrected chi connectivity index (χ4v) is 1.86. The van der Waals surface area contributed by atoms with Crippen molar-refractivity contribution >= 4 is 5.69 Å². The first-order chi connectivity index (χ1) is 9.00. The molecule has 0 unspecified atom stereocenters. The highest BCUT2D eigenvalue weighted by atomic mass is 16.6. The van der Waals surface area contributed by atoms with E-state index in [1.165, 1.54) is 29.4 Å². The van der Waals surface area contributed by atoms with Crippen molar-refractivity contribution in [3.63, 3.8) is 0 Å². The number of hydrogen-bond donors (Lipinski definition) is 0. The lowest BCUT2D eigenvalue weighted by Crippen LogP contribution is -2.20. The molecule has 0 aliphatic rings.